The van der Waals surface area contributed by atoms with E-state index in [1.54, 1.807) is 0 Å². The fraction of sp³-hybridized carbons (Fsp3) is 1.00. The number of fused-ring (bicyclic) bond motifs is 2. The first-order valence-corrected chi connectivity index (χ1v) is 7.92. The van der Waals surface area contributed by atoms with Crippen LogP contribution in [0.5, 0.6) is 0 Å². The van der Waals surface area contributed by atoms with Gasteiger partial charge in [-0.1, -0.05) is 0 Å². The summed E-state index contributed by atoms with van der Waals surface area (Å²) in [5.41, 5.74) is 0. The predicted molar refractivity (Wildman–Crippen MR) is 73.2 cm³/mol. The van der Waals surface area contributed by atoms with Gasteiger partial charge in [-0.05, 0) is 0 Å². The van der Waals surface area contributed by atoms with Gasteiger partial charge in [-0.25, -0.2) is 0 Å². The molecule has 0 unspecified atom stereocenters. The minimum absolute atomic E-state index is 0.531. The van der Waals surface area contributed by atoms with Crippen molar-refractivity contribution in [2.45, 2.75) is 48.2 Å². The van der Waals surface area contributed by atoms with Crippen molar-refractivity contribution in [3.05, 3.63) is 0 Å². The summed E-state index contributed by atoms with van der Waals surface area (Å²) < 4.78 is 32.9. The summed E-state index contributed by atoms with van der Waals surface area (Å²) in [5.74, 6) is -3.69. The van der Waals surface area contributed by atoms with E-state index in [2.05, 4.69) is 0 Å². The van der Waals surface area contributed by atoms with E-state index < -0.39 is 81.6 Å². The van der Waals surface area contributed by atoms with Crippen molar-refractivity contribution >= 4 is 6.96 Å². The molecule has 0 radical (unpaired) electrons. The van der Waals surface area contributed by atoms with Gasteiger partial charge < -0.3 is 58.7 Å². The first kappa shape index (κ1) is 18.0. The lowest BCUT2D eigenvalue weighted by atomic mass is 10.1. The Hall–Kier alpha value is -0.415. The average Bonchev–Trinajstić information content (AvgIpc) is 3.26. The summed E-state index contributed by atoms with van der Waals surface area (Å²) in [6.07, 6.45) is -7.25. The number of rotatable bonds is 4. The summed E-state index contributed by atoms with van der Waals surface area (Å²) in [6.45, 7) is -5.64. The third-order valence-corrected chi connectivity index (χ3v) is 5.07. The number of ether oxygens (including phenoxy) is 2. The molecule has 4 heterocycles. The van der Waals surface area contributed by atoms with E-state index >= 15 is 0 Å². The molecule has 1 spiro atoms. The van der Waals surface area contributed by atoms with Crippen LogP contribution < -0.4 is 0 Å². The second kappa shape index (κ2) is 5.79. The van der Waals surface area contributed by atoms with Crippen molar-refractivity contribution in [2.75, 3.05) is 26.4 Å². The van der Waals surface area contributed by atoms with Gasteiger partial charge in [0.25, 0.3) is 0 Å². The van der Waals surface area contributed by atoms with E-state index in [-0.39, 0.29) is 0 Å². The standard InChI is InChI=1S/C12H20BO12/c14-1-5-7(18)9-11(3-16,20-5)24-13(22-9)23-10-8(19)6(2-15)21-12(10,4-17)25-13/h5-10,14-19H,1-4H2/q-1/t5-,6-,7-,8-,9+,10+,11+,12+,13?/m1/s1. The Morgan fingerprint density at radius 3 is 1.40 bits per heavy atom. The minimum atomic E-state index is -3.10. The van der Waals surface area contributed by atoms with Crippen LogP contribution in [-0.4, -0.2) is 112 Å². The van der Waals surface area contributed by atoms with Crippen LogP contribution in [0.15, 0.2) is 0 Å². The lowest BCUT2D eigenvalue weighted by Gasteiger charge is -2.36. The Labute approximate surface area is 141 Å². The number of aliphatic hydroxyl groups excluding tert-OH is 6. The first-order chi connectivity index (χ1) is 11.9. The molecule has 0 aliphatic carbocycles. The van der Waals surface area contributed by atoms with E-state index in [0.29, 0.717) is 0 Å². The zero-order valence-electron chi connectivity index (χ0n) is 13.0. The number of aliphatic hydroxyl groups is 6. The number of hydrogen-bond acceptors (Lipinski definition) is 12. The Kier molecular flexibility index (Phi) is 4.16. The van der Waals surface area contributed by atoms with Gasteiger partial charge in [0.1, 0.15) is 36.6 Å². The van der Waals surface area contributed by atoms with Crippen LogP contribution in [0.1, 0.15) is 0 Å². The molecule has 0 saturated carbocycles. The Balaban J connectivity index is 1.60. The highest BCUT2D eigenvalue weighted by Crippen LogP contribution is 2.52. The van der Waals surface area contributed by atoms with Crippen LogP contribution in [-0.2, 0) is 28.1 Å². The normalized spacial score (nSPS) is 53.5. The molecule has 0 bridgehead atoms. The molecule has 4 saturated heterocycles. The van der Waals surface area contributed by atoms with Gasteiger partial charge in [0.15, 0.2) is 11.6 Å². The van der Waals surface area contributed by atoms with Gasteiger partial charge in [0, 0.05) is 0 Å². The monoisotopic (exact) mass is 367 g/mol. The Morgan fingerprint density at radius 1 is 0.720 bits per heavy atom. The van der Waals surface area contributed by atoms with Crippen LogP contribution >= 0.6 is 0 Å². The quantitative estimate of drug-likeness (QED) is 0.262. The largest absolute Gasteiger partial charge is 0.536 e. The maximum Gasteiger partial charge on any atom is 0.536 e. The SMILES string of the molecule is OC[C@H]1O[C@@]2(CO)O[B-]3(O[C@H]2[C@@H]1O)O[C@H]1[C@H](O)[C@@H](CO)O[C@@]1(CO)O3. The molecule has 4 rings (SSSR count). The fourth-order valence-electron chi connectivity index (χ4n) is 3.89. The fourth-order valence-corrected chi connectivity index (χ4v) is 3.89. The Morgan fingerprint density at radius 2 is 1.12 bits per heavy atom. The zero-order chi connectivity index (χ0) is 18.0. The molecule has 8 atom stereocenters. The molecule has 0 aromatic rings. The molecular weight excluding hydrogens is 347 g/mol. The highest BCUT2D eigenvalue weighted by atomic mass is 17.0. The summed E-state index contributed by atoms with van der Waals surface area (Å²) in [5, 5.41) is 58.2. The second-order valence-electron chi connectivity index (χ2n) is 6.53. The van der Waals surface area contributed by atoms with E-state index in [0.717, 1.165) is 0 Å². The molecule has 0 amide bonds. The maximum atomic E-state index is 10.2. The van der Waals surface area contributed by atoms with Crippen molar-refractivity contribution in [1.29, 1.82) is 0 Å². The van der Waals surface area contributed by atoms with Crippen molar-refractivity contribution in [3.8, 4) is 0 Å². The van der Waals surface area contributed by atoms with E-state index in [9.17, 15) is 30.6 Å². The molecule has 144 valence electrons. The van der Waals surface area contributed by atoms with Crippen LogP contribution in [0, 0.1) is 0 Å². The molecule has 6 N–H and O–H groups in total. The lowest BCUT2D eigenvalue weighted by molar-refractivity contribution is -0.229. The predicted octanol–water partition coefficient (Wildman–Crippen LogP) is -4.87. The molecule has 12 nitrogen and oxygen atoms in total. The first-order valence-electron chi connectivity index (χ1n) is 7.92. The van der Waals surface area contributed by atoms with Crippen molar-refractivity contribution in [3.63, 3.8) is 0 Å². The molecule has 4 aliphatic heterocycles. The summed E-state index contributed by atoms with van der Waals surface area (Å²) in [7, 11) is 0. The zero-order valence-corrected chi connectivity index (χ0v) is 13.0. The van der Waals surface area contributed by atoms with Gasteiger partial charge in [0.2, 0.25) is 0 Å². The smallest absolute Gasteiger partial charge is 0.510 e. The van der Waals surface area contributed by atoms with Gasteiger partial charge in [-0.2, -0.15) is 0 Å². The highest BCUT2D eigenvalue weighted by molar-refractivity contribution is 6.55. The third-order valence-electron chi connectivity index (χ3n) is 5.07. The molecule has 4 aliphatic rings. The van der Waals surface area contributed by atoms with Gasteiger partial charge in [-0.15, -0.1) is 0 Å². The van der Waals surface area contributed by atoms with Crippen LogP contribution in [0.25, 0.3) is 0 Å². The third kappa shape index (κ3) is 2.27. The molecule has 0 aromatic heterocycles. The van der Waals surface area contributed by atoms with Crippen LogP contribution in [0.4, 0.5) is 0 Å². The number of hydrogen-bond donors (Lipinski definition) is 6. The summed E-state index contributed by atoms with van der Waals surface area (Å²) >= 11 is 0. The molecule has 4 fully saturated rings. The van der Waals surface area contributed by atoms with E-state index in [1.165, 1.54) is 0 Å². The molecule has 25 heavy (non-hydrogen) atoms. The van der Waals surface area contributed by atoms with Crippen molar-refractivity contribution in [2.24, 2.45) is 0 Å². The topological polar surface area (TPSA) is 177 Å². The van der Waals surface area contributed by atoms with Gasteiger partial charge in [0.05, 0.1) is 26.4 Å². The van der Waals surface area contributed by atoms with Crippen molar-refractivity contribution in [1.82, 2.24) is 0 Å². The van der Waals surface area contributed by atoms with Crippen LogP contribution in [0.3, 0.4) is 0 Å². The minimum Gasteiger partial charge on any atom is -0.510 e. The van der Waals surface area contributed by atoms with Gasteiger partial charge in [-0.3, -0.25) is 0 Å². The molecular formula is C12H20BO12-. The van der Waals surface area contributed by atoms with Crippen LogP contribution in [0.2, 0.25) is 0 Å². The molecule has 13 heteroatoms. The Bertz CT molecular complexity index is 490. The van der Waals surface area contributed by atoms with E-state index in [4.69, 9.17) is 28.1 Å². The van der Waals surface area contributed by atoms with E-state index in [1.807, 2.05) is 0 Å². The summed E-state index contributed by atoms with van der Waals surface area (Å²) in [4.78, 5) is 0. The second-order valence-corrected chi connectivity index (χ2v) is 6.53. The highest BCUT2D eigenvalue weighted by Gasteiger charge is 2.72. The lowest BCUT2D eigenvalue weighted by Crippen LogP contribution is -2.50. The van der Waals surface area contributed by atoms with Gasteiger partial charge >= 0.3 is 6.96 Å². The average molecular weight is 367 g/mol. The maximum absolute atomic E-state index is 10.2. The van der Waals surface area contributed by atoms with Crippen molar-refractivity contribution < 1.29 is 58.7 Å². The summed E-state index contributed by atoms with van der Waals surface area (Å²) in [6, 6.07) is 0. The molecule has 0 aromatic carbocycles.